The van der Waals surface area contributed by atoms with Crippen LogP contribution in [0.1, 0.15) is 0 Å². The second-order valence-corrected chi connectivity index (χ2v) is 3.57. The second-order valence-electron chi connectivity index (χ2n) is 2.51. The van der Waals surface area contributed by atoms with E-state index in [1.807, 2.05) is 24.3 Å². The van der Waals surface area contributed by atoms with E-state index in [-0.39, 0.29) is 0 Å². The van der Waals surface area contributed by atoms with E-state index in [1.54, 1.807) is 18.9 Å². The molecule has 3 heteroatoms. The zero-order valence-electron chi connectivity index (χ0n) is 7.62. The van der Waals surface area contributed by atoms with Gasteiger partial charge in [0.25, 0.3) is 0 Å². The van der Waals surface area contributed by atoms with Gasteiger partial charge in [-0.2, -0.15) is 0 Å². The van der Waals surface area contributed by atoms with Gasteiger partial charge in [0, 0.05) is 22.4 Å². The first kappa shape index (κ1) is 9.99. The molecule has 2 N–H and O–H groups in total. The van der Waals surface area contributed by atoms with Crippen molar-refractivity contribution in [2.45, 2.75) is 4.90 Å². The molecule has 0 heterocycles. The summed E-state index contributed by atoms with van der Waals surface area (Å²) in [7, 11) is 1.65. The highest BCUT2D eigenvalue weighted by Gasteiger charge is 2.02. The molecule has 0 bridgehead atoms. The predicted octanol–water partition coefficient (Wildman–Crippen LogP) is 2.56. The molecule has 0 aliphatic carbocycles. The first-order valence-corrected chi connectivity index (χ1v) is 4.93. The fourth-order valence-corrected chi connectivity index (χ4v) is 1.70. The maximum Gasteiger partial charge on any atom is 0.134 e. The van der Waals surface area contributed by atoms with Gasteiger partial charge in [-0.05, 0) is 12.1 Å². The van der Waals surface area contributed by atoms with Crippen molar-refractivity contribution in [3.05, 3.63) is 30.9 Å². The molecular formula is C10H13NOS. The lowest BCUT2D eigenvalue weighted by Crippen LogP contribution is -1.90. The third-order valence-electron chi connectivity index (χ3n) is 1.54. The maximum atomic E-state index is 5.62. The highest BCUT2D eigenvalue weighted by molar-refractivity contribution is 7.99. The fraction of sp³-hybridized carbons (Fsp3) is 0.200. The molecule has 1 rings (SSSR count). The molecule has 0 saturated heterocycles. The van der Waals surface area contributed by atoms with Gasteiger partial charge in [-0.15, -0.1) is 18.3 Å². The number of methoxy groups -OCH3 is 1. The summed E-state index contributed by atoms with van der Waals surface area (Å²) >= 11 is 1.68. The summed E-state index contributed by atoms with van der Waals surface area (Å²) in [5.41, 5.74) is 6.34. The van der Waals surface area contributed by atoms with Gasteiger partial charge in [0.05, 0.1) is 7.11 Å². The number of hydrogen-bond donors (Lipinski definition) is 1. The molecule has 70 valence electrons. The summed E-state index contributed by atoms with van der Waals surface area (Å²) < 4.78 is 5.19. The minimum absolute atomic E-state index is 0.722. The third-order valence-corrected chi connectivity index (χ3v) is 2.60. The minimum atomic E-state index is 0.722. The van der Waals surface area contributed by atoms with Crippen LogP contribution < -0.4 is 10.5 Å². The van der Waals surface area contributed by atoms with Gasteiger partial charge in [-0.25, -0.2) is 0 Å². The van der Waals surface area contributed by atoms with Crippen LogP contribution in [0, 0.1) is 0 Å². The summed E-state index contributed by atoms with van der Waals surface area (Å²) in [5.74, 6) is 1.70. The molecule has 0 fully saturated rings. The van der Waals surface area contributed by atoms with Crippen molar-refractivity contribution in [2.24, 2.45) is 0 Å². The van der Waals surface area contributed by atoms with Gasteiger partial charge in [0.15, 0.2) is 0 Å². The molecule has 1 aromatic carbocycles. The van der Waals surface area contributed by atoms with Crippen LogP contribution in [0.4, 0.5) is 5.69 Å². The first-order chi connectivity index (χ1) is 6.27. The maximum absolute atomic E-state index is 5.62. The number of rotatable bonds is 4. The Morgan fingerprint density at radius 3 is 3.00 bits per heavy atom. The van der Waals surface area contributed by atoms with Crippen LogP contribution in [-0.2, 0) is 0 Å². The SMILES string of the molecule is C=CCSc1ccc(N)cc1OC. The molecule has 0 amide bonds. The molecule has 0 saturated carbocycles. The van der Waals surface area contributed by atoms with Gasteiger partial charge < -0.3 is 10.5 Å². The highest BCUT2D eigenvalue weighted by atomic mass is 32.2. The monoisotopic (exact) mass is 195 g/mol. The standard InChI is InChI=1S/C10H13NOS/c1-3-6-13-10-5-4-8(11)7-9(10)12-2/h3-5,7H,1,6,11H2,2H3. The van der Waals surface area contributed by atoms with E-state index in [0.29, 0.717) is 0 Å². The van der Waals surface area contributed by atoms with E-state index in [0.717, 1.165) is 22.1 Å². The number of ether oxygens (including phenoxy) is 1. The van der Waals surface area contributed by atoms with Crippen LogP contribution in [0.15, 0.2) is 35.7 Å². The average molecular weight is 195 g/mol. The number of nitrogen functional groups attached to an aromatic ring is 1. The number of thioether (sulfide) groups is 1. The van der Waals surface area contributed by atoms with Crippen LogP contribution in [0.3, 0.4) is 0 Å². The van der Waals surface area contributed by atoms with Crippen LogP contribution in [-0.4, -0.2) is 12.9 Å². The van der Waals surface area contributed by atoms with Crippen molar-refractivity contribution in [2.75, 3.05) is 18.6 Å². The van der Waals surface area contributed by atoms with E-state index in [9.17, 15) is 0 Å². The highest BCUT2D eigenvalue weighted by Crippen LogP contribution is 2.30. The van der Waals surface area contributed by atoms with E-state index in [2.05, 4.69) is 6.58 Å². The molecule has 1 aromatic rings. The molecule has 0 aliphatic heterocycles. The Balaban J connectivity index is 2.85. The third kappa shape index (κ3) is 2.70. The van der Waals surface area contributed by atoms with Crippen LogP contribution in [0.25, 0.3) is 0 Å². The number of benzene rings is 1. The molecule has 0 unspecified atom stereocenters. The van der Waals surface area contributed by atoms with Gasteiger partial charge in [0.1, 0.15) is 5.75 Å². The van der Waals surface area contributed by atoms with Gasteiger partial charge in [-0.3, -0.25) is 0 Å². The topological polar surface area (TPSA) is 35.2 Å². The van der Waals surface area contributed by atoms with E-state index < -0.39 is 0 Å². The van der Waals surface area contributed by atoms with E-state index in [1.165, 1.54) is 0 Å². The Kier molecular flexibility index (Phi) is 3.71. The molecule has 13 heavy (non-hydrogen) atoms. The van der Waals surface area contributed by atoms with Crippen molar-refractivity contribution in [3.8, 4) is 5.75 Å². The average Bonchev–Trinajstić information content (AvgIpc) is 2.16. The number of anilines is 1. The van der Waals surface area contributed by atoms with Crippen molar-refractivity contribution in [1.82, 2.24) is 0 Å². The Bertz CT molecular complexity index is 299. The molecule has 2 nitrogen and oxygen atoms in total. The van der Waals surface area contributed by atoms with Gasteiger partial charge >= 0.3 is 0 Å². The molecule has 0 atom stereocenters. The molecule has 0 aromatic heterocycles. The summed E-state index contributed by atoms with van der Waals surface area (Å²) in [6.07, 6.45) is 1.86. The normalized spacial score (nSPS) is 9.62. The predicted molar refractivity (Wildman–Crippen MR) is 58.3 cm³/mol. The first-order valence-electron chi connectivity index (χ1n) is 3.95. The summed E-state index contributed by atoms with van der Waals surface area (Å²) in [6, 6.07) is 5.65. The van der Waals surface area contributed by atoms with Crippen molar-refractivity contribution < 1.29 is 4.74 Å². The smallest absolute Gasteiger partial charge is 0.134 e. The van der Waals surface area contributed by atoms with Crippen LogP contribution in [0.2, 0.25) is 0 Å². The molecule has 0 aliphatic rings. The quantitative estimate of drug-likeness (QED) is 0.455. The van der Waals surface area contributed by atoms with E-state index in [4.69, 9.17) is 10.5 Å². The largest absolute Gasteiger partial charge is 0.496 e. The summed E-state index contributed by atoms with van der Waals surface area (Å²) in [4.78, 5) is 1.09. The van der Waals surface area contributed by atoms with E-state index >= 15 is 0 Å². The minimum Gasteiger partial charge on any atom is -0.496 e. The fourth-order valence-electron chi connectivity index (χ4n) is 0.952. The number of hydrogen-bond acceptors (Lipinski definition) is 3. The van der Waals surface area contributed by atoms with Crippen LogP contribution >= 0.6 is 11.8 Å². The van der Waals surface area contributed by atoms with Crippen LogP contribution in [0.5, 0.6) is 5.75 Å². The molecular weight excluding hydrogens is 182 g/mol. The lowest BCUT2D eigenvalue weighted by Gasteiger charge is -2.07. The Hall–Kier alpha value is -1.09. The Morgan fingerprint density at radius 1 is 1.62 bits per heavy atom. The molecule has 0 radical (unpaired) electrons. The lowest BCUT2D eigenvalue weighted by atomic mass is 10.3. The zero-order valence-corrected chi connectivity index (χ0v) is 8.43. The number of nitrogens with two attached hydrogens (primary N) is 1. The Labute approximate surface area is 82.8 Å². The Morgan fingerprint density at radius 2 is 2.38 bits per heavy atom. The van der Waals surface area contributed by atoms with Gasteiger partial charge in [-0.1, -0.05) is 6.08 Å². The van der Waals surface area contributed by atoms with Crippen molar-refractivity contribution in [1.29, 1.82) is 0 Å². The van der Waals surface area contributed by atoms with Crippen molar-refractivity contribution >= 4 is 17.4 Å². The summed E-state index contributed by atoms with van der Waals surface area (Å²) in [6.45, 7) is 3.66. The van der Waals surface area contributed by atoms with Gasteiger partial charge in [0.2, 0.25) is 0 Å². The molecule has 0 spiro atoms. The second kappa shape index (κ2) is 4.82. The van der Waals surface area contributed by atoms with Crippen molar-refractivity contribution in [3.63, 3.8) is 0 Å². The lowest BCUT2D eigenvalue weighted by molar-refractivity contribution is 0.405. The summed E-state index contributed by atoms with van der Waals surface area (Å²) in [5, 5.41) is 0. The zero-order chi connectivity index (χ0) is 9.68.